The lowest BCUT2D eigenvalue weighted by Gasteiger charge is -2.30. The van der Waals surface area contributed by atoms with Gasteiger partial charge in [-0.15, -0.1) is 11.8 Å². The van der Waals surface area contributed by atoms with Gasteiger partial charge in [0, 0.05) is 25.3 Å². The molecule has 10 heteroatoms. The highest BCUT2D eigenvalue weighted by Gasteiger charge is 2.53. The van der Waals surface area contributed by atoms with E-state index in [4.69, 9.17) is 4.74 Å². The van der Waals surface area contributed by atoms with Crippen molar-refractivity contribution < 1.29 is 22.7 Å². The van der Waals surface area contributed by atoms with E-state index in [1.54, 1.807) is 22.7 Å². The zero-order chi connectivity index (χ0) is 21.5. The number of amides is 2. The number of carbonyl (C=O) groups excluding carboxylic acids is 2. The molecule has 0 spiro atoms. The Hall–Kier alpha value is -1.78. The maximum Gasteiger partial charge on any atom is 0.248 e. The van der Waals surface area contributed by atoms with Crippen LogP contribution in [0.15, 0.2) is 23.1 Å². The maximum atomic E-state index is 13.0. The monoisotopic (exact) mass is 453 g/mol. The highest BCUT2D eigenvalue weighted by atomic mass is 32.2. The minimum absolute atomic E-state index is 0.0176. The van der Waals surface area contributed by atoms with E-state index in [1.165, 1.54) is 23.5 Å². The lowest BCUT2D eigenvalue weighted by atomic mass is 10.2. The molecule has 0 unspecified atom stereocenters. The molecular weight excluding hydrogens is 426 g/mol. The number of nitrogens with one attached hydrogen (secondary N) is 1. The largest absolute Gasteiger partial charge is 0.495 e. The number of nitrogens with zero attached hydrogens (tertiary/aromatic N) is 2. The molecule has 0 aromatic heterocycles. The van der Waals surface area contributed by atoms with Crippen LogP contribution < -0.4 is 10.1 Å². The molecule has 0 saturated carbocycles. The number of methoxy groups -OCH3 is 1. The first-order valence-corrected chi connectivity index (χ1v) is 12.6. The fraction of sp³-hybridized carbons (Fsp3) is 0.600. The van der Waals surface area contributed by atoms with Gasteiger partial charge in [-0.3, -0.25) is 9.59 Å². The van der Waals surface area contributed by atoms with Crippen molar-refractivity contribution in [3.8, 4) is 5.75 Å². The number of fused-ring (bicyclic) bond motifs is 1. The van der Waals surface area contributed by atoms with E-state index in [0.29, 0.717) is 36.7 Å². The molecule has 1 N–H and O–H groups in total. The predicted octanol–water partition coefficient (Wildman–Crippen LogP) is 2.26. The number of hydrogen-bond donors (Lipinski definition) is 1. The van der Waals surface area contributed by atoms with Crippen molar-refractivity contribution in [1.29, 1.82) is 0 Å². The van der Waals surface area contributed by atoms with Crippen LogP contribution >= 0.6 is 11.8 Å². The third-order valence-electron chi connectivity index (χ3n) is 6.13. The van der Waals surface area contributed by atoms with Gasteiger partial charge in [-0.05, 0) is 44.4 Å². The summed E-state index contributed by atoms with van der Waals surface area (Å²) >= 11 is 1.61. The van der Waals surface area contributed by atoms with Crippen LogP contribution in [-0.4, -0.2) is 66.3 Å². The number of thioether (sulfide) groups is 1. The second-order valence-electron chi connectivity index (χ2n) is 8.08. The van der Waals surface area contributed by atoms with Gasteiger partial charge >= 0.3 is 0 Å². The fourth-order valence-corrected chi connectivity index (χ4v) is 7.41. The van der Waals surface area contributed by atoms with Crippen LogP contribution in [-0.2, 0) is 19.6 Å². The molecule has 164 valence electrons. The Morgan fingerprint density at radius 1 is 1.27 bits per heavy atom. The zero-order valence-corrected chi connectivity index (χ0v) is 18.9. The van der Waals surface area contributed by atoms with E-state index < -0.39 is 16.1 Å². The number of piperidine rings is 1. The number of benzene rings is 1. The molecule has 2 amide bonds. The quantitative estimate of drug-likeness (QED) is 0.735. The van der Waals surface area contributed by atoms with Crippen LogP contribution in [0.4, 0.5) is 5.69 Å². The molecule has 2 atom stereocenters. The molecule has 3 heterocycles. The van der Waals surface area contributed by atoms with Gasteiger partial charge in [0.1, 0.15) is 11.8 Å². The van der Waals surface area contributed by atoms with Crippen molar-refractivity contribution in [2.75, 3.05) is 31.3 Å². The van der Waals surface area contributed by atoms with Crippen molar-refractivity contribution in [3.63, 3.8) is 0 Å². The second kappa shape index (κ2) is 8.05. The zero-order valence-electron chi connectivity index (χ0n) is 17.2. The van der Waals surface area contributed by atoms with E-state index >= 15 is 0 Å². The van der Waals surface area contributed by atoms with Crippen LogP contribution in [0.25, 0.3) is 0 Å². The molecule has 3 aliphatic heterocycles. The number of rotatable bonds is 5. The summed E-state index contributed by atoms with van der Waals surface area (Å²) in [4.78, 5) is 26.8. The first-order chi connectivity index (χ1) is 14.3. The summed E-state index contributed by atoms with van der Waals surface area (Å²) in [5, 5.41) is 2.82. The van der Waals surface area contributed by atoms with Gasteiger partial charge in [0.2, 0.25) is 21.8 Å². The first kappa shape index (κ1) is 21.5. The number of sulfonamides is 1. The molecular formula is C20H27N3O5S2. The minimum Gasteiger partial charge on any atom is -0.495 e. The normalized spacial score (nSPS) is 27.2. The summed E-state index contributed by atoms with van der Waals surface area (Å²) in [5.41, 5.74) is 0.297. The Balaban J connectivity index is 1.58. The molecule has 0 bridgehead atoms. The molecule has 4 rings (SSSR count). The molecule has 3 aliphatic rings. The smallest absolute Gasteiger partial charge is 0.248 e. The molecule has 0 radical (unpaired) electrons. The van der Waals surface area contributed by atoms with Gasteiger partial charge in [0.05, 0.1) is 22.6 Å². The van der Waals surface area contributed by atoms with Crippen molar-refractivity contribution in [2.45, 2.75) is 54.8 Å². The average molecular weight is 454 g/mol. The molecule has 8 nitrogen and oxygen atoms in total. The lowest BCUT2D eigenvalue weighted by Crippen LogP contribution is -2.48. The van der Waals surface area contributed by atoms with Crippen molar-refractivity contribution in [3.05, 3.63) is 18.2 Å². The Kier molecular flexibility index (Phi) is 5.75. The fourth-order valence-electron chi connectivity index (χ4n) is 4.43. The molecule has 0 aliphatic carbocycles. The summed E-state index contributed by atoms with van der Waals surface area (Å²) in [6.45, 7) is 3.00. The molecule has 1 aromatic rings. The van der Waals surface area contributed by atoms with Gasteiger partial charge in [-0.1, -0.05) is 6.42 Å². The molecule has 30 heavy (non-hydrogen) atoms. The summed E-state index contributed by atoms with van der Waals surface area (Å²) in [6, 6.07) is 3.93. The van der Waals surface area contributed by atoms with Crippen molar-refractivity contribution in [2.24, 2.45) is 0 Å². The van der Waals surface area contributed by atoms with Gasteiger partial charge in [0.25, 0.3) is 0 Å². The summed E-state index contributed by atoms with van der Waals surface area (Å²) in [6.07, 6.45) is 3.90. The average Bonchev–Trinajstić information content (AvgIpc) is 3.24. The van der Waals surface area contributed by atoms with Crippen LogP contribution in [0.3, 0.4) is 0 Å². The highest BCUT2D eigenvalue weighted by molar-refractivity contribution is 8.01. The van der Waals surface area contributed by atoms with Crippen molar-refractivity contribution >= 4 is 39.3 Å². The summed E-state index contributed by atoms with van der Waals surface area (Å²) < 4.78 is 32.9. The Bertz CT molecular complexity index is 961. The second-order valence-corrected chi connectivity index (χ2v) is 11.5. The summed E-state index contributed by atoms with van der Waals surface area (Å²) in [5.74, 6) is 0.549. The van der Waals surface area contributed by atoms with Crippen LogP contribution in [0, 0.1) is 0 Å². The van der Waals surface area contributed by atoms with Crippen LogP contribution in [0.5, 0.6) is 5.75 Å². The maximum absolute atomic E-state index is 13.0. The number of anilines is 1. The van der Waals surface area contributed by atoms with Gasteiger partial charge in [0.15, 0.2) is 0 Å². The predicted molar refractivity (Wildman–Crippen MR) is 115 cm³/mol. The van der Waals surface area contributed by atoms with Gasteiger partial charge in [-0.25, -0.2) is 8.42 Å². The standard InChI is InChI=1S/C20H27N3O5S2/c1-20-9-8-18(24)23(20)16(13-29-20)19(25)21-15-12-14(6-7-17(15)28-2)30(26,27)22-10-4-3-5-11-22/h6-7,12,16H,3-5,8-11,13H2,1-2H3,(H,21,25)/t16-,20-/m0/s1. The van der Waals surface area contributed by atoms with Crippen molar-refractivity contribution in [1.82, 2.24) is 9.21 Å². The Labute approximate surface area is 181 Å². The SMILES string of the molecule is COc1ccc(S(=O)(=O)N2CCCCC2)cc1NC(=O)[C@@H]1CS[C@@]2(C)CCC(=O)N12. The minimum atomic E-state index is -3.64. The highest BCUT2D eigenvalue weighted by Crippen LogP contribution is 2.47. The number of carbonyl (C=O) groups is 2. The third-order valence-corrected chi connectivity index (χ3v) is 9.53. The lowest BCUT2D eigenvalue weighted by molar-refractivity contribution is -0.135. The Morgan fingerprint density at radius 2 is 2.00 bits per heavy atom. The van der Waals surface area contributed by atoms with E-state index in [-0.39, 0.29) is 21.6 Å². The van der Waals surface area contributed by atoms with Crippen LogP contribution in [0.2, 0.25) is 0 Å². The van der Waals surface area contributed by atoms with E-state index in [9.17, 15) is 18.0 Å². The van der Waals surface area contributed by atoms with Gasteiger partial charge < -0.3 is 15.0 Å². The topological polar surface area (TPSA) is 96.0 Å². The van der Waals surface area contributed by atoms with E-state index in [0.717, 1.165) is 25.7 Å². The molecule has 1 aromatic carbocycles. The summed E-state index contributed by atoms with van der Waals surface area (Å²) in [7, 11) is -2.17. The Morgan fingerprint density at radius 3 is 2.70 bits per heavy atom. The number of ether oxygens (including phenoxy) is 1. The van der Waals surface area contributed by atoms with Crippen LogP contribution in [0.1, 0.15) is 39.0 Å². The molecule has 3 saturated heterocycles. The first-order valence-electron chi connectivity index (χ1n) is 10.2. The van der Waals surface area contributed by atoms with E-state index in [1.807, 2.05) is 6.92 Å². The van der Waals surface area contributed by atoms with Gasteiger partial charge in [-0.2, -0.15) is 4.31 Å². The number of hydrogen-bond acceptors (Lipinski definition) is 6. The molecule has 3 fully saturated rings. The third kappa shape index (κ3) is 3.69. The van der Waals surface area contributed by atoms with E-state index in [2.05, 4.69) is 5.32 Å².